The van der Waals surface area contributed by atoms with E-state index in [1.54, 1.807) is 14.2 Å². The largest absolute Gasteiger partial charge is 0.493 e. The predicted octanol–water partition coefficient (Wildman–Crippen LogP) is 2.73. The van der Waals surface area contributed by atoms with E-state index in [2.05, 4.69) is 18.8 Å². The number of ether oxygens (including phenoxy) is 2. The van der Waals surface area contributed by atoms with Crippen LogP contribution in [0.15, 0.2) is 12.1 Å². The highest BCUT2D eigenvalue weighted by atomic mass is 16.5. The number of nitrogens with zero attached hydrogens (tertiary/aromatic N) is 2. The van der Waals surface area contributed by atoms with Gasteiger partial charge < -0.3 is 19.1 Å². The monoisotopic (exact) mass is 306 g/mol. The number of carbonyl (C=O) groups is 1. The third-order valence-corrected chi connectivity index (χ3v) is 3.47. The Labute approximate surface area is 129 Å². The Morgan fingerprint density at radius 2 is 1.91 bits per heavy atom. The molecule has 22 heavy (non-hydrogen) atoms. The van der Waals surface area contributed by atoms with Crippen molar-refractivity contribution in [1.29, 1.82) is 0 Å². The third-order valence-electron chi connectivity index (χ3n) is 3.47. The topological polar surface area (TPSA) is 73.6 Å². The van der Waals surface area contributed by atoms with Crippen LogP contribution in [0.3, 0.4) is 0 Å². The van der Waals surface area contributed by atoms with Crippen LogP contribution in [0.2, 0.25) is 0 Å². The minimum atomic E-state index is -0.821. The van der Waals surface area contributed by atoms with E-state index < -0.39 is 5.97 Å². The predicted molar refractivity (Wildman–Crippen MR) is 83.6 cm³/mol. The number of fused-ring (bicyclic) bond motifs is 1. The molecule has 0 saturated carbocycles. The molecule has 2 rings (SSSR count). The summed E-state index contributed by atoms with van der Waals surface area (Å²) in [5.74, 6) is 1.74. The quantitative estimate of drug-likeness (QED) is 0.851. The number of methoxy groups -OCH3 is 2. The second kappa shape index (κ2) is 6.68. The Morgan fingerprint density at radius 3 is 2.45 bits per heavy atom. The van der Waals surface area contributed by atoms with Crippen LogP contribution in [0, 0.1) is 5.92 Å². The summed E-state index contributed by atoms with van der Waals surface area (Å²) in [7, 11) is 3.16. The second-order valence-electron chi connectivity index (χ2n) is 5.62. The van der Waals surface area contributed by atoms with Crippen LogP contribution in [0.4, 0.5) is 0 Å². The van der Waals surface area contributed by atoms with E-state index in [4.69, 9.17) is 14.6 Å². The van der Waals surface area contributed by atoms with Gasteiger partial charge in [-0.2, -0.15) is 0 Å². The van der Waals surface area contributed by atoms with Gasteiger partial charge in [0.05, 0.1) is 31.7 Å². The molecule has 120 valence electrons. The number of imidazole rings is 1. The molecule has 1 aromatic carbocycles. The zero-order valence-corrected chi connectivity index (χ0v) is 13.4. The number of rotatable bonds is 7. The molecule has 0 amide bonds. The molecule has 0 bridgehead atoms. The molecule has 0 atom stereocenters. The van der Waals surface area contributed by atoms with Gasteiger partial charge in [0, 0.05) is 25.1 Å². The lowest BCUT2D eigenvalue weighted by Gasteiger charge is -2.11. The molecular weight excluding hydrogens is 284 g/mol. The van der Waals surface area contributed by atoms with Crippen LogP contribution in [-0.2, 0) is 17.8 Å². The molecular formula is C16H22N2O4. The molecule has 0 aliphatic rings. The van der Waals surface area contributed by atoms with E-state index >= 15 is 0 Å². The first-order valence-electron chi connectivity index (χ1n) is 7.29. The number of carboxylic acids is 1. The molecule has 0 aliphatic heterocycles. The first-order valence-corrected chi connectivity index (χ1v) is 7.29. The van der Waals surface area contributed by atoms with Gasteiger partial charge in [0.2, 0.25) is 0 Å². The Hall–Kier alpha value is -2.24. The molecule has 0 spiro atoms. The molecule has 1 aromatic heterocycles. The third kappa shape index (κ3) is 3.32. The number of aromatic nitrogens is 2. The van der Waals surface area contributed by atoms with Gasteiger partial charge in [-0.1, -0.05) is 13.8 Å². The van der Waals surface area contributed by atoms with Crippen molar-refractivity contribution < 1.29 is 19.4 Å². The molecule has 1 N–H and O–H groups in total. The van der Waals surface area contributed by atoms with Gasteiger partial charge in [-0.05, 0) is 5.92 Å². The summed E-state index contributed by atoms with van der Waals surface area (Å²) in [6.07, 6.45) is 0.851. The maximum Gasteiger partial charge on any atom is 0.305 e. The molecule has 1 heterocycles. The van der Waals surface area contributed by atoms with Crippen LogP contribution >= 0.6 is 0 Å². The van der Waals surface area contributed by atoms with Crippen molar-refractivity contribution in [3.63, 3.8) is 0 Å². The zero-order valence-electron chi connectivity index (χ0n) is 13.4. The number of aliphatic carboxylic acids is 1. The second-order valence-corrected chi connectivity index (χ2v) is 5.62. The lowest BCUT2D eigenvalue weighted by molar-refractivity contribution is -0.137. The molecule has 0 unspecified atom stereocenters. The molecule has 0 fully saturated rings. The van der Waals surface area contributed by atoms with Crippen molar-refractivity contribution in [3.8, 4) is 11.5 Å². The highest BCUT2D eigenvalue weighted by molar-refractivity contribution is 5.81. The van der Waals surface area contributed by atoms with Gasteiger partial charge in [0.25, 0.3) is 0 Å². The molecule has 0 aliphatic carbocycles. The minimum Gasteiger partial charge on any atom is -0.493 e. The maximum absolute atomic E-state index is 10.9. The summed E-state index contributed by atoms with van der Waals surface area (Å²) in [5.41, 5.74) is 1.66. The number of aryl methyl sites for hydroxylation is 1. The van der Waals surface area contributed by atoms with E-state index in [0.717, 1.165) is 23.3 Å². The summed E-state index contributed by atoms with van der Waals surface area (Å²) in [5, 5.41) is 8.96. The van der Waals surface area contributed by atoms with Gasteiger partial charge in [-0.25, -0.2) is 4.98 Å². The van der Waals surface area contributed by atoms with Crippen molar-refractivity contribution in [2.75, 3.05) is 14.2 Å². The van der Waals surface area contributed by atoms with Crippen LogP contribution in [0.1, 0.15) is 26.1 Å². The fourth-order valence-electron chi connectivity index (χ4n) is 2.48. The van der Waals surface area contributed by atoms with E-state index in [1.807, 2.05) is 16.7 Å². The summed E-state index contributed by atoms with van der Waals surface area (Å²) in [6, 6.07) is 3.68. The van der Waals surface area contributed by atoms with Gasteiger partial charge >= 0.3 is 5.97 Å². The highest BCUT2D eigenvalue weighted by Crippen LogP contribution is 2.33. The van der Waals surface area contributed by atoms with Gasteiger partial charge in [-0.3, -0.25) is 4.79 Å². The normalized spacial score (nSPS) is 11.1. The lowest BCUT2D eigenvalue weighted by Crippen LogP contribution is -2.10. The number of hydrogen-bond acceptors (Lipinski definition) is 4. The minimum absolute atomic E-state index is 0.0604. The average Bonchev–Trinajstić information content (AvgIpc) is 2.78. The smallest absolute Gasteiger partial charge is 0.305 e. The Morgan fingerprint density at radius 1 is 1.27 bits per heavy atom. The summed E-state index contributed by atoms with van der Waals surface area (Å²) in [4.78, 5) is 15.6. The van der Waals surface area contributed by atoms with Crippen LogP contribution in [0.5, 0.6) is 11.5 Å². The van der Waals surface area contributed by atoms with Crippen molar-refractivity contribution in [1.82, 2.24) is 9.55 Å². The SMILES string of the molecule is COc1cc2nc(CC(C)C)n(CCC(=O)O)c2cc1OC. The van der Waals surface area contributed by atoms with Crippen molar-refractivity contribution in [2.24, 2.45) is 5.92 Å². The van der Waals surface area contributed by atoms with E-state index in [1.165, 1.54) is 0 Å². The number of carboxylic acid groups (broad SMARTS) is 1. The standard InChI is InChI=1S/C16H22N2O4/c1-10(2)7-15-17-11-8-13(21-3)14(22-4)9-12(11)18(15)6-5-16(19)20/h8-10H,5-7H2,1-4H3,(H,19,20). The van der Waals surface area contributed by atoms with Gasteiger partial charge in [-0.15, -0.1) is 0 Å². The van der Waals surface area contributed by atoms with E-state index in [9.17, 15) is 4.79 Å². The molecule has 6 nitrogen and oxygen atoms in total. The van der Waals surface area contributed by atoms with Gasteiger partial charge in [0.15, 0.2) is 11.5 Å². The summed E-state index contributed by atoms with van der Waals surface area (Å²) in [6.45, 7) is 4.62. The Bertz CT molecular complexity index is 676. The van der Waals surface area contributed by atoms with Crippen molar-refractivity contribution >= 4 is 17.0 Å². The fraction of sp³-hybridized carbons (Fsp3) is 0.500. The van der Waals surface area contributed by atoms with Gasteiger partial charge in [0.1, 0.15) is 5.82 Å². The van der Waals surface area contributed by atoms with E-state index in [-0.39, 0.29) is 6.42 Å². The number of benzene rings is 1. The van der Waals surface area contributed by atoms with Crippen LogP contribution in [-0.4, -0.2) is 34.8 Å². The average molecular weight is 306 g/mol. The van der Waals surface area contributed by atoms with Crippen molar-refractivity contribution in [3.05, 3.63) is 18.0 Å². The summed E-state index contributed by atoms with van der Waals surface area (Å²) >= 11 is 0. The fourth-order valence-corrected chi connectivity index (χ4v) is 2.48. The maximum atomic E-state index is 10.9. The number of hydrogen-bond donors (Lipinski definition) is 1. The molecule has 0 radical (unpaired) electrons. The lowest BCUT2D eigenvalue weighted by atomic mass is 10.1. The van der Waals surface area contributed by atoms with E-state index in [0.29, 0.717) is 24.0 Å². The highest BCUT2D eigenvalue weighted by Gasteiger charge is 2.16. The Balaban J connectivity index is 2.56. The first kappa shape index (κ1) is 16.1. The zero-order chi connectivity index (χ0) is 16.3. The summed E-state index contributed by atoms with van der Waals surface area (Å²) < 4.78 is 12.6. The van der Waals surface area contributed by atoms with Crippen molar-refractivity contribution in [2.45, 2.75) is 33.2 Å². The Kier molecular flexibility index (Phi) is 4.90. The molecule has 2 aromatic rings. The molecule has 0 saturated heterocycles. The van der Waals surface area contributed by atoms with Crippen LogP contribution < -0.4 is 9.47 Å². The van der Waals surface area contributed by atoms with Crippen LogP contribution in [0.25, 0.3) is 11.0 Å². The molecule has 6 heteroatoms. The first-order chi connectivity index (χ1) is 10.5.